The summed E-state index contributed by atoms with van der Waals surface area (Å²) in [5.41, 5.74) is 8.54. The van der Waals surface area contributed by atoms with Gasteiger partial charge in [0.2, 0.25) is 0 Å². The average molecular weight is 369 g/mol. The largest absolute Gasteiger partial charge is 0.482 e. The topological polar surface area (TPSA) is 35.2 Å². The molecule has 0 fully saturated rings. The van der Waals surface area contributed by atoms with Gasteiger partial charge in [-0.25, -0.2) is 0 Å². The van der Waals surface area contributed by atoms with E-state index in [1.165, 1.54) is 0 Å². The van der Waals surface area contributed by atoms with Gasteiger partial charge in [-0.1, -0.05) is 58.7 Å². The minimum atomic E-state index is -0.219. The molecule has 2 aromatic carbocycles. The summed E-state index contributed by atoms with van der Waals surface area (Å²) in [4.78, 5) is 0. The van der Waals surface area contributed by atoms with E-state index in [2.05, 4.69) is 41.9 Å². The number of aryl methyl sites for hydroxylation is 1. The minimum Gasteiger partial charge on any atom is -0.482 e. The average Bonchev–Trinajstić information content (AvgIpc) is 2.48. The van der Waals surface area contributed by atoms with Crippen LogP contribution in [0.3, 0.4) is 0 Å². The van der Waals surface area contributed by atoms with Gasteiger partial charge in [-0.2, -0.15) is 0 Å². The first kappa shape index (κ1) is 16.3. The van der Waals surface area contributed by atoms with Gasteiger partial charge >= 0.3 is 0 Å². The lowest BCUT2D eigenvalue weighted by molar-refractivity contribution is 0.170. The molecular formula is C17H19BrClNO. The molecule has 0 saturated heterocycles. The maximum atomic E-state index is 6.27. The molecule has 0 radical (unpaired) electrons. The van der Waals surface area contributed by atoms with Crippen molar-refractivity contribution in [2.45, 2.75) is 32.4 Å². The molecule has 0 aliphatic carbocycles. The molecule has 2 N–H and O–H groups in total. The first-order valence-electron chi connectivity index (χ1n) is 6.95. The van der Waals surface area contributed by atoms with Crippen LogP contribution in [0.2, 0.25) is 5.02 Å². The fourth-order valence-electron chi connectivity index (χ4n) is 2.21. The summed E-state index contributed by atoms with van der Waals surface area (Å²) in [6.45, 7) is 4.12. The molecule has 2 unspecified atom stereocenters. The van der Waals surface area contributed by atoms with Crippen molar-refractivity contribution in [2.75, 3.05) is 0 Å². The number of hydrogen-bond donors (Lipinski definition) is 1. The summed E-state index contributed by atoms with van der Waals surface area (Å²) in [6.07, 6.45) is 0.605. The summed E-state index contributed by atoms with van der Waals surface area (Å²) in [5, 5.41) is 0.583. The standard InChI is InChI=1S/C17H19BrClNO/c1-3-15(20)17(13-7-5-4-6-11(13)2)21-16-10-12(18)8-9-14(16)19/h4-10,15,17H,3,20H2,1-2H3. The third-order valence-corrected chi connectivity index (χ3v) is 4.31. The number of nitrogens with two attached hydrogens (primary N) is 1. The molecule has 2 rings (SSSR count). The fraction of sp³-hybridized carbons (Fsp3) is 0.294. The molecular weight excluding hydrogens is 350 g/mol. The molecule has 0 aromatic heterocycles. The van der Waals surface area contributed by atoms with E-state index in [4.69, 9.17) is 22.1 Å². The highest BCUT2D eigenvalue weighted by atomic mass is 79.9. The Kier molecular flexibility index (Phi) is 5.68. The smallest absolute Gasteiger partial charge is 0.140 e. The Bertz CT molecular complexity index is 617. The summed E-state index contributed by atoms with van der Waals surface area (Å²) in [7, 11) is 0. The van der Waals surface area contributed by atoms with Crippen molar-refractivity contribution in [3.63, 3.8) is 0 Å². The van der Waals surface area contributed by atoms with E-state index >= 15 is 0 Å². The highest BCUT2D eigenvalue weighted by Crippen LogP contribution is 2.34. The van der Waals surface area contributed by atoms with Gasteiger partial charge in [-0.15, -0.1) is 0 Å². The van der Waals surface area contributed by atoms with E-state index in [1.807, 2.05) is 30.3 Å². The maximum absolute atomic E-state index is 6.27. The minimum absolute atomic E-state index is 0.0962. The lowest BCUT2D eigenvalue weighted by Crippen LogP contribution is -2.32. The first-order chi connectivity index (χ1) is 10.0. The second-order valence-electron chi connectivity index (χ2n) is 5.04. The molecule has 0 bridgehead atoms. The van der Waals surface area contributed by atoms with E-state index < -0.39 is 0 Å². The molecule has 2 nitrogen and oxygen atoms in total. The van der Waals surface area contributed by atoms with Crippen molar-refractivity contribution in [3.8, 4) is 5.75 Å². The van der Waals surface area contributed by atoms with Crippen LogP contribution in [0.15, 0.2) is 46.9 Å². The SMILES string of the molecule is CCC(N)C(Oc1cc(Br)ccc1Cl)c1ccccc1C. The highest BCUT2D eigenvalue weighted by Gasteiger charge is 2.23. The predicted octanol–water partition coefficient (Wildman–Crippen LogP) is 5.27. The van der Waals surface area contributed by atoms with Gasteiger partial charge in [0.1, 0.15) is 11.9 Å². The zero-order valence-electron chi connectivity index (χ0n) is 12.1. The van der Waals surface area contributed by atoms with Crippen molar-refractivity contribution >= 4 is 27.5 Å². The monoisotopic (exact) mass is 367 g/mol. The molecule has 112 valence electrons. The molecule has 0 amide bonds. The summed E-state index contributed by atoms with van der Waals surface area (Å²) in [5.74, 6) is 0.642. The summed E-state index contributed by atoms with van der Waals surface area (Å²) >= 11 is 9.67. The molecule has 0 aliphatic rings. The fourth-order valence-corrected chi connectivity index (χ4v) is 2.71. The Morgan fingerprint density at radius 1 is 1.24 bits per heavy atom. The van der Waals surface area contributed by atoms with Crippen LogP contribution < -0.4 is 10.5 Å². The lowest BCUT2D eigenvalue weighted by atomic mass is 9.97. The molecule has 2 atom stereocenters. The van der Waals surface area contributed by atoms with Crippen molar-refractivity contribution < 1.29 is 4.74 Å². The first-order valence-corrected chi connectivity index (χ1v) is 8.12. The number of ether oxygens (including phenoxy) is 1. The Balaban J connectivity index is 2.38. The second-order valence-corrected chi connectivity index (χ2v) is 6.36. The van der Waals surface area contributed by atoms with E-state index in [0.29, 0.717) is 10.8 Å². The van der Waals surface area contributed by atoms with Crippen LogP contribution in [0.5, 0.6) is 5.75 Å². The van der Waals surface area contributed by atoms with Gasteiger partial charge < -0.3 is 10.5 Å². The lowest BCUT2D eigenvalue weighted by Gasteiger charge is -2.26. The van der Waals surface area contributed by atoms with Gasteiger partial charge in [0.25, 0.3) is 0 Å². The van der Waals surface area contributed by atoms with E-state index in [0.717, 1.165) is 22.0 Å². The maximum Gasteiger partial charge on any atom is 0.140 e. The van der Waals surface area contributed by atoms with Crippen LogP contribution in [-0.4, -0.2) is 6.04 Å². The van der Waals surface area contributed by atoms with Crippen LogP contribution in [-0.2, 0) is 0 Å². The Morgan fingerprint density at radius 3 is 2.62 bits per heavy atom. The Morgan fingerprint density at radius 2 is 1.95 bits per heavy atom. The zero-order chi connectivity index (χ0) is 15.4. The zero-order valence-corrected chi connectivity index (χ0v) is 14.5. The van der Waals surface area contributed by atoms with Gasteiger partial charge in [-0.05, 0) is 42.7 Å². The van der Waals surface area contributed by atoms with Gasteiger partial charge in [0.05, 0.1) is 5.02 Å². The molecule has 2 aromatic rings. The summed E-state index contributed by atoms with van der Waals surface area (Å²) < 4.78 is 7.09. The molecule has 0 saturated carbocycles. The van der Waals surface area contributed by atoms with Crippen molar-refractivity contribution in [1.82, 2.24) is 0 Å². The third-order valence-electron chi connectivity index (χ3n) is 3.50. The van der Waals surface area contributed by atoms with Crippen LogP contribution in [0, 0.1) is 6.92 Å². The van der Waals surface area contributed by atoms with Crippen LogP contribution in [0.4, 0.5) is 0 Å². The molecule has 0 spiro atoms. The summed E-state index contributed by atoms with van der Waals surface area (Å²) in [6, 6.07) is 13.6. The molecule has 0 aliphatic heterocycles. The quantitative estimate of drug-likeness (QED) is 0.780. The van der Waals surface area contributed by atoms with Crippen LogP contribution in [0.1, 0.15) is 30.6 Å². The number of halogens is 2. The molecule has 21 heavy (non-hydrogen) atoms. The normalized spacial score (nSPS) is 13.8. The van der Waals surface area contributed by atoms with Gasteiger partial charge in [0, 0.05) is 10.5 Å². The van der Waals surface area contributed by atoms with Crippen LogP contribution in [0.25, 0.3) is 0 Å². The third kappa shape index (κ3) is 4.00. The highest BCUT2D eigenvalue weighted by molar-refractivity contribution is 9.10. The number of rotatable bonds is 5. The second kappa shape index (κ2) is 7.30. The molecule has 4 heteroatoms. The van der Waals surface area contributed by atoms with E-state index in [1.54, 1.807) is 0 Å². The predicted molar refractivity (Wildman–Crippen MR) is 92.0 cm³/mol. The van der Waals surface area contributed by atoms with Gasteiger partial charge in [-0.3, -0.25) is 0 Å². The van der Waals surface area contributed by atoms with Crippen molar-refractivity contribution in [2.24, 2.45) is 5.73 Å². The van der Waals surface area contributed by atoms with E-state index in [9.17, 15) is 0 Å². The van der Waals surface area contributed by atoms with Crippen molar-refractivity contribution in [1.29, 1.82) is 0 Å². The molecule has 0 heterocycles. The van der Waals surface area contributed by atoms with E-state index in [-0.39, 0.29) is 12.1 Å². The Labute approximate surface area is 139 Å². The number of hydrogen-bond acceptors (Lipinski definition) is 2. The number of benzene rings is 2. The van der Waals surface area contributed by atoms with Crippen molar-refractivity contribution in [3.05, 3.63) is 63.1 Å². The van der Waals surface area contributed by atoms with Gasteiger partial charge in [0.15, 0.2) is 0 Å². The van der Waals surface area contributed by atoms with Crippen LogP contribution >= 0.6 is 27.5 Å². The Hall–Kier alpha value is -1.03.